The van der Waals surface area contributed by atoms with Crippen molar-refractivity contribution < 1.29 is 19.0 Å². The maximum absolute atomic E-state index is 12.9. The Morgan fingerprint density at radius 2 is 2.04 bits per heavy atom. The van der Waals surface area contributed by atoms with Gasteiger partial charge in [-0.05, 0) is 37.3 Å². The van der Waals surface area contributed by atoms with E-state index >= 15 is 0 Å². The van der Waals surface area contributed by atoms with Gasteiger partial charge in [0, 0.05) is 23.1 Å². The van der Waals surface area contributed by atoms with Gasteiger partial charge in [-0.3, -0.25) is 4.90 Å². The molecule has 2 bridgehead atoms. The third-order valence-corrected chi connectivity index (χ3v) is 5.10. The van der Waals surface area contributed by atoms with Gasteiger partial charge in [0.2, 0.25) is 0 Å². The Bertz CT molecular complexity index is 888. The van der Waals surface area contributed by atoms with Gasteiger partial charge in [-0.25, -0.2) is 4.79 Å². The van der Waals surface area contributed by atoms with Crippen molar-refractivity contribution in [1.29, 1.82) is 0 Å². The number of ether oxygens (including phenoxy) is 3. The Morgan fingerprint density at radius 1 is 1.23 bits per heavy atom. The summed E-state index contributed by atoms with van der Waals surface area (Å²) in [5, 5.41) is 3.66. The summed E-state index contributed by atoms with van der Waals surface area (Å²) in [4.78, 5) is 14.5. The quantitative estimate of drug-likeness (QED) is 0.877. The largest absolute Gasteiger partial charge is 0.497 e. The molecule has 1 fully saturated rings. The highest BCUT2D eigenvalue weighted by molar-refractivity contribution is 6.30. The van der Waals surface area contributed by atoms with E-state index in [9.17, 15) is 4.79 Å². The maximum atomic E-state index is 12.9. The van der Waals surface area contributed by atoms with Crippen molar-refractivity contribution in [3.63, 3.8) is 0 Å². The number of nitrogens with one attached hydrogen (secondary N) is 1. The zero-order chi connectivity index (χ0) is 18.5. The van der Waals surface area contributed by atoms with Crippen LogP contribution in [0.15, 0.2) is 36.4 Å². The second kappa shape index (κ2) is 5.99. The summed E-state index contributed by atoms with van der Waals surface area (Å²) in [6, 6.07) is 10.4. The molecule has 4 rings (SSSR count). The lowest BCUT2D eigenvalue weighted by Gasteiger charge is -2.50. The van der Waals surface area contributed by atoms with Crippen molar-refractivity contribution in [2.75, 3.05) is 19.1 Å². The van der Waals surface area contributed by atoms with Crippen LogP contribution in [0.2, 0.25) is 5.02 Å². The van der Waals surface area contributed by atoms with Crippen LogP contribution < -0.4 is 24.4 Å². The highest BCUT2D eigenvalue weighted by atomic mass is 35.5. The fraction of sp³-hybridized carbons (Fsp3) is 0.316. The number of methoxy groups -OCH3 is 2. The normalized spacial score (nSPS) is 23.6. The van der Waals surface area contributed by atoms with E-state index in [1.807, 2.05) is 19.1 Å². The molecule has 0 spiro atoms. The number of anilines is 1. The van der Waals surface area contributed by atoms with Crippen LogP contribution >= 0.6 is 11.6 Å². The summed E-state index contributed by atoms with van der Waals surface area (Å²) < 4.78 is 17.0. The second-order valence-corrected chi connectivity index (χ2v) is 6.98. The van der Waals surface area contributed by atoms with Crippen molar-refractivity contribution in [3.8, 4) is 17.2 Å². The van der Waals surface area contributed by atoms with Crippen molar-refractivity contribution in [3.05, 3.63) is 47.0 Å². The highest BCUT2D eigenvalue weighted by Gasteiger charge is 2.50. The van der Waals surface area contributed by atoms with Crippen LogP contribution in [0.1, 0.15) is 24.9 Å². The molecule has 2 aromatic carbocycles. The molecule has 26 heavy (non-hydrogen) atoms. The molecule has 1 saturated heterocycles. The van der Waals surface area contributed by atoms with E-state index in [1.165, 1.54) is 0 Å². The molecule has 2 aliphatic heterocycles. The van der Waals surface area contributed by atoms with Crippen LogP contribution in [0.3, 0.4) is 0 Å². The molecule has 0 saturated carbocycles. The summed E-state index contributed by atoms with van der Waals surface area (Å²) in [7, 11) is 3.14. The maximum Gasteiger partial charge on any atom is 0.325 e. The molecule has 0 aromatic heterocycles. The fourth-order valence-corrected chi connectivity index (χ4v) is 3.86. The van der Waals surface area contributed by atoms with Gasteiger partial charge in [0.1, 0.15) is 17.2 Å². The average molecular weight is 375 g/mol. The van der Waals surface area contributed by atoms with Crippen LogP contribution in [0.25, 0.3) is 0 Å². The molecule has 6 nitrogen and oxygen atoms in total. The lowest BCUT2D eigenvalue weighted by atomic mass is 9.90. The van der Waals surface area contributed by atoms with E-state index < -0.39 is 5.72 Å². The topological polar surface area (TPSA) is 60.0 Å². The van der Waals surface area contributed by atoms with Gasteiger partial charge < -0.3 is 19.5 Å². The number of hydrogen-bond acceptors (Lipinski definition) is 4. The van der Waals surface area contributed by atoms with Gasteiger partial charge in [0.15, 0.2) is 5.72 Å². The Hall–Kier alpha value is -2.60. The first-order valence-electron chi connectivity index (χ1n) is 8.26. The smallest absolute Gasteiger partial charge is 0.325 e. The second-order valence-electron chi connectivity index (χ2n) is 6.54. The van der Waals surface area contributed by atoms with Crippen LogP contribution in [0.4, 0.5) is 10.5 Å². The number of halogens is 1. The number of fused-ring (bicyclic) bond motifs is 4. The van der Waals surface area contributed by atoms with Crippen molar-refractivity contribution >= 4 is 23.3 Å². The van der Waals surface area contributed by atoms with E-state index in [2.05, 4.69) is 5.32 Å². The molecule has 2 atom stereocenters. The molecule has 0 radical (unpaired) electrons. The highest BCUT2D eigenvalue weighted by Crippen LogP contribution is 2.48. The molecule has 1 N–H and O–H groups in total. The fourth-order valence-electron chi connectivity index (χ4n) is 3.68. The number of carbonyl (C=O) groups excluding carboxylic acids is 1. The SMILES string of the molecule is COc1ccc(N2C(=O)NC3CC2(C)Oc2ccc(Cl)cc23)c(OC)c1. The number of benzene rings is 2. The molecule has 7 heteroatoms. The Labute approximate surface area is 156 Å². The van der Waals surface area contributed by atoms with Gasteiger partial charge in [-0.2, -0.15) is 0 Å². The minimum atomic E-state index is -0.851. The standard InChI is InChI=1S/C19H19ClN2O4/c1-19-10-14(13-8-11(20)4-7-16(13)26-19)21-18(23)22(19)15-6-5-12(24-2)9-17(15)25-3/h4-9,14H,10H2,1-3H3,(H,21,23). The molecule has 136 valence electrons. The van der Waals surface area contributed by atoms with Crippen LogP contribution in [-0.2, 0) is 0 Å². The van der Waals surface area contributed by atoms with Gasteiger partial charge in [-0.15, -0.1) is 0 Å². The minimum absolute atomic E-state index is 0.157. The monoisotopic (exact) mass is 374 g/mol. The molecular formula is C19H19ClN2O4. The number of amides is 2. The summed E-state index contributed by atoms with van der Waals surface area (Å²) in [6.45, 7) is 1.90. The molecule has 2 aromatic rings. The number of carbonyl (C=O) groups is 1. The number of nitrogens with zero attached hydrogens (tertiary/aromatic N) is 1. The summed E-state index contributed by atoms with van der Waals surface area (Å²) in [6.07, 6.45) is 0.585. The summed E-state index contributed by atoms with van der Waals surface area (Å²) in [5.74, 6) is 1.89. The lowest BCUT2D eigenvalue weighted by molar-refractivity contribution is 0.0375. The van der Waals surface area contributed by atoms with Gasteiger partial charge in [0.25, 0.3) is 0 Å². The third kappa shape index (κ3) is 2.52. The molecule has 2 heterocycles. The van der Waals surface area contributed by atoms with Gasteiger partial charge in [0.05, 0.1) is 25.9 Å². The van der Waals surface area contributed by atoms with Gasteiger partial charge >= 0.3 is 6.03 Å². The zero-order valence-corrected chi connectivity index (χ0v) is 15.5. The third-order valence-electron chi connectivity index (χ3n) is 4.86. The minimum Gasteiger partial charge on any atom is -0.497 e. The van der Waals surface area contributed by atoms with E-state index in [4.69, 9.17) is 25.8 Å². The molecular weight excluding hydrogens is 356 g/mol. The van der Waals surface area contributed by atoms with Gasteiger partial charge in [-0.1, -0.05) is 11.6 Å². The first-order valence-corrected chi connectivity index (χ1v) is 8.64. The van der Waals surface area contributed by atoms with Crippen molar-refractivity contribution in [2.45, 2.75) is 25.1 Å². The summed E-state index contributed by atoms with van der Waals surface area (Å²) >= 11 is 6.11. The predicted molar refractivity (Wildman–Crippen MR) is 98.4 cm³/mol. The van der Waals surface area contributed by atoms with E-state index in [0.29, 0.717) is 34.4 Å². The summed E-state index contributed by atoms with van der Waals surface area (Å²) in [5.41, 5.74) is 0.657. The van der Waals surface area contributed by atoms with Crippen LogP contribution in [0, 0.1) is 0 Å². The van der Waals surface area contributed by atoms with Crippen molar-refractivity contribution in [2.24, 2.45) is 0 Å². The predicted octanol–water partition coefficient (Wildman–Crippen LogP) is 4.13. The first kappa shape index (κ1) is 16.8. The average Bonchev–Trinajstić information content (AvgIpc) is 2.62. The van der Waals surface area contributed by atoms with Crippen LogP contribution in [0.5, 0.6) is 17.2 Å². The Balaban J connectivity index is 1.80. The lowest BCUT2D eigenvalue weighted by Crippen LogP contribution is -2.65. The Kier molecular flexibility index (Phi) is 3.88. The number of hydrogen-bond donors (Lipinski definition) is 1. The first-order chi connectivity index (χ1) is 12.4. The van der Waals surface area contributed by atoms with Crippen molar-refractivity contribution in [1.82, 2.24) is 5.32 Å². The van der Waals surface area contributed by atoms with E-state index in [1.54, 1.807) is 43.4 Å². The zero-order valence-electron chi connectivity index (χ0n) is 14.7. The molecule has 2 unspecified atom stereocenters. The number of rotatable bonds is 3. The molecule has 2 amide bonds. The Morgan fingerprint density at radius 3 is 2.77 bits per heavy atom. The van der Waals surface area contributed by atoms with Crippen LogP contribution in [-0.4, -0.2) is 26.0 Å². The van der Waals surface area contributed by atoms with E-state index in [0.717, 1.165) is 5.56 Å². The van der Waals surface area contributed by atoms with E-state index in [-0.39, 0.29) is 12.1 Å². The molecule has 2 aliphatic rings. The number of urea groups is 1. The molecule has 0 aliphatic carbocycles.